The maximum Gasteiger partial charge on any atom is 0.251 e. The summed E-state index contributed by atoms with van der Waals surface area (Å²) in [4.78, 5) is 11.9. The van der Waals surface area contributed by atoms with Crippen molar-refractivity contribution in [3.8, 4) is 0 Å². The van der Waals surface area contributed by atoms with Crippen LogP contribution in [0, 0.1) is 5.82 Å². The van der Waals surface area contributed by atoms with Gasteiger partial charge in [0.1, 0.15) is 5.82 Å². The molecule has 0 saturated heterocycles. The van der Waals surface area contributed by atoms with E-state index >= 15 is 0 Å². The molecule has 94 valence electrons. The SMILES string of the molecule is CCCC(C)(C)NC(=O)c1cc(N)cc(F)c1. The predicted octanol–water partition coefficient (Wildman–Crippen LogP) is 2.72. The fourth-order valence-corrected chi connectivity index (χ4v) is 1.81. The van der Waals surface area contributed by atoms with E-state index < -0.39 is 5.82 Å². The second kappa shape index (κ2) is 5.17. The minimum atomic E-state index is -0.497. The number of nitrogen functional groups attached to an aromatic ring is 1. The van der Waals surface area contributed by atoms with Gasteiger partial charge in [0.05, 0.1) is 0 Å². The van der Waals surface area contributed by atoms with E-state index in [2.05, 4.69) is 5.32 Å². The van der Waals surface area contributed by atoms with Crippen molar-refractivity contribution in [3.05, 3.63) is 29.6 Å². The summed E-state index contributed by atoms with van der Waals surface area (Å²) in [6.45, 7) is 5.93. The molecule has 0 spiro atoms. The highest BCUT2D eigenvalue weighted by Crippen LogP contribution is 2.15. The van der Waals surface area contributed by atoms with Crippen LogP contribution in [0.4, 0.5) is 10.1 Å². The number of benzene rings is 1. The average molecular weight is 238 g/mol. The molecule has 0 aliphatic carbocycles. The highest BCUT2D eigenvalue weighted by Gasteiger charge is 2.20. The number of carbonyl (C=O) groups is 1. The Bertz CT molecular complexity index is 396. The lowest BCUT2D eigenvalue weighted by atomic mass is 9.98. The molecule has 1 rings (SSSR count). The number of hydrogen-bond donors (Lipinski definition) is 2. The first-order valence-electron chi connectivity index (χ1n) is 5.72. The van der Waals surface area contributed by atoms with Crippen molar-refractivity contribution in [2.45, 2.75) is 39.2 Å². The van der Waals surface area contributed by atoms with Gasteiger partial charge in [0.25, 0.3) is 5.91 Å². The number of halogens is 1. The monoisotopic (exact) mass is 238 g/mol. The normalized spacial score (nSPS) is 11.3. The lowest BCUT2D eigenvalue weighted by Gasteiger charge is -2.25. The third kappa shape index (κ3) is 4.06. The molecule has 0 heterocycles. The molecule has 0 fully saturated rings. The van der Waals surface area contributed by atoms with Crippen molar-refractivity contribution in [3.63, 3.8) is 0 Å². The molecule has 1 aromatic carbocycles. The lowest BCUT2D eigenvalue weighted by Crippen LogP contribution is -2.43. The van der Waals surface area contributed by atoms with Crippen molar-refractivity contribution in [2.75, 3.05) is 5.73 Å². The smallest absolute Gasteiger partial charge is 0.251 e. The Balaban J connectivity index is 2.83. The molecule has 1 amide bonds. The highest BCUT2D eigenvalue weighted by molar-refractivity contribution is 5.95. The van der Waals surface area contributed by atoms with E-state index in [-0.39, 0.29) is 22.7 Å². The standard InChI is InChI=1S/C13H19FN2O/c1-4-5-13(2,3)16-12(17)9-6-10(14)8-11(15)7-9/h6-8H,4-5,15H2,1-3H3,(H,16,17). The molecule has 0 aromatic heterocycles. The molecule has 0 aliphatic rings. The number of nitrogens with one attached hydrogen (secondary N) is 1. The van der Waals surface area contributed by atoms with E-state index in [0.717, 1.165) is 12.8 Å². The first-order chi connectivity index (χ1) is 7.84. The van der Waals surface area contributed by atoms with E-state index in [4.69, 9.17) is 5.73 Å². The van der Waals surface area contributed by atoms with Gasteiger partial charge in [-0.15, -0.1) is 0 Å². The van der Waals surface area contributed by atoms with Gasteiger partial charge >= 0.3 is 0 Å². The number of anilines is 1. The maximum atomic E-state index is 13.1. The molecule has 1 aromatic rings. The van der Waals surface area contributed by atoms with Gasteiger partial charge in [-0.2, -0.15) is 0 Å². The Morgan fingerprint density at radius 3 is 2.59 bits per heavy atom. The topological polar surface area (TPSA) is 55.1 Å². The van der Waals surface area contributed by atoms with Crippen molar-refractivity contribution in [2.24, 2.45) is 0 Å². The van der Waals surface area contributed by atoms with Crippen molar-refractivity contribution in [1.82, 2.24) is 5.32 Å². The van der Waals surface area contributed by atoms with Gasteiger partial charge in [0.2, 0.25) is 0 Å². The molecule has 0 bridgehead atoms. The summed E-state index contributed by atoms with van der Waals surface area (Å²) in [7, 11) is 0. The minimum absolute atomic E-state index is 0.253. The largest absolute Gasteiger partial charge is 0.399 e. The summed E-state index contributed by atoms with van der Waals surface area (Å²) in [5, 5.41) is 2.87. The summed E-state index contributed by atoms with van der Waals surface area (Å²) < 4.78 is 13.1. The Kier molecular flexibility index (Phi) is 4.10. The molecule has 0 radical (unpaired) electrons. The Morgan fingerprint density at radius 1 is 1.41 bits per heavy atom. The van der Waals surface area contributed by atoms with Crippen molar-refractivity contribution < 1.29 is 9.18 Å². The van der Waals surface area contributed by atoms with E-state index in [1.54, 1.807) is 0 Å². The Morgan fingerprint density at radius 2 is 2.06 bits per heavy atom. The van der Waals surface area contributed by atoms with Crippen LogP contribution in [0.1, 0.15) is 44.0 Å². The van der Waals surface area contributed by atoms with Gasteiger partial charge in [-0.1, -0.05) is 13.3 Å². The molecule has 3 nitrogen and oxygen atoms in total. The van der Waals surface area contributed by atoms with Crippen LogP contribution in [0.5, 0.6) is 0 Å². The molecular formula is C13H19FN2O. The fraction of sp³-hybridized carbons (Fsp3) is 0.462. The van der Waals surface area contributed by atoms with Crippen LogP contribution in [-0.2, 0) is 0 Å². The number of nitrogens with two attached hydrogens (primary N) is 1. The predicted molar refractivity (Wildman–Crippen MR) is 67.3 cm³/mol. The molecule has 0 saturated carbocycles. The third-order valence-corrected chi connectivity index (χ3v) is 2.51. The maximum absolute atomic E-state index is 13.1. The second-order valence-electron chi connectivity index (χ2n) is 4.86. The number of hydrogen-bond acceptors (Lipinski definition) is 2. The Hall–Kier alpha value is -1.58. The zero-order chi connectivity index (χ0) is 13.1. The molecule has 0 atom stereocenters. The average Bonchev–Trinajstić information content (AvgIpc) is 2.14. The van der Waals surface area contributed by atoms with Crippen LogP contribution in [-0.4, -0.2) is 11.4 Å². The Labute approximate surface area is 101 Å². The van der Waals surface area contributed by atoms with Crippen molar-refractivity contribution >= 4 is 11.6 Å². The third-order valence-electron chi connectivity index (χ3n) is 2.51. The number of amides is 1. The first kappa shape index (κ1) is 13.5. The van der Waals surface area contributed by atoms with E-state index in [0.29, 0.717) is 0 Å². The van der Waals surface area contributed by atoms with Crippen LogP contribution < -0.4 is 11.1 Å². The molecule has 0 unspecified atom stereocenters. The minimum Gasteiger partial charge on any atom is -0.399 e. The van der Waals surface area contributed by atoms with E-state index in [1.807, 2.05) is 20.8 Å². The van der Waals surface area contributed by atoms with Gasteiger partial charge in [0.15, 0.2) is 0 Å². The van der Waals surface area contributed by atoms with Gasteiger partial charge in [-0.05, 0) is 38.5 Å². The molecule has 3 N–H and O–H groups in total. The summed E-state index contributed by atoms with van der Waals surface area (Å²) in [5.41, 5.74) is 5.71. The van der Waals surface area contributed by atoms with Gasteiger partial charge in [-0.3, -0.25) is 4.79 Å². The molecule has 17 heavy (non-hydrogen) atoms. The van der Waals surface area contributed by atoms with E-state index in [9.17, 15) is 9.18 Å². The number of rotatable bonds is 4. The quantitative estimate of drug-likeness (QED) is 0.792. The lowest BCUT2D eigenvalue weighted by molar-refractivity contribution is 0.0908. The zero-order valence-corrected chi connectivity index (χ0v) is 10.5. The molecular weight excluding hydrogens is 219 g/mol. The van der Waals surface area contributed by atoms with Crippen LogP contribution >= 0.6 is 0 Å². The van der Waals surface area contributed by atoms with Crippen LogP contribution in [0.3, 0.4) is 0 Å². The van der Waals surface area contributed by atoms with Crippen molar-refractivity contribution in [1.29, 1.82) is 0 Å². The molecule has 4 heteroatoms. The summed E-state index contributed by atoms with van der Waals surface area (Å²) in [6, 6.07) is 3.85. The fourth-order valence-electron chi connectivity index (χ4n) is 1.81. The number of carbonyl (C=O) groups excluding carboxylic acids is 1. The van der Waals surface area contributed by atoms with Crippen LogP contribution in [0.2, 0.25) is 0 Å². The summed E-state index contributed by atoms with van der Waals surface area (Å²) >= 11 is 0. The summed E-state index contributed by atoms with van der Waals surface area (Å²) in [5.74, 6) is -0.793. The van der Waals surface area contributed by atoms with E-state index in [1.165, 1.54) is 18.2 Å². The van der Waals surface area contributed by atoms with Crippen LogP contribution in [0.25, 0.3) is 0 Å². The first-order valence-corrected chi connectivity index (χ1v) is 5.72. The summed E-state index contributed by atoms with van der Waals surface area (Å²) in [6.07, 6.45) is 1.84. The molecule has 0 aliphatic heterocycles. The zero-order valence-electron chi connectivity index (χ0n) is 10.5. The highest BCUT2D eigenvalue weighted by atomic mass is 19.1. The van der Waals surface area contributed by atoms with Gasteiger partial charge < -0.3 is 11.1 Å². The van der Waals surface area contributed by atoms with Gasteiger partial charge in [-0.25, -0.2) is 4.39 Å². The second-order valence-corrected chi connectivity index (χ2v) is 4.86. The van der Waals surface area contributed by atoms with Gasteiger partial charge in [0, 0.05) is 16.8 Å². The van der Waals surface area contributed by atoms with Crippen LogP contribution in [0.15, 0.2) is 18.2 Å².